The van der Waals surface area contributed by atoms with Gasteiger partial charge in [-0.3, -0.25) is 18.4 Å². The predicted molar refractivity (Wildman–Crippen MR) is 476 cm³/mol. The van der Waals surface area contributed by atoms with Crippen molar-refractivity contribution in [2.75, 3.05) is 40.0 Å². The Labute approximate surface area is 719 Å². The first kappa shape index (κ1) is 98.0. The van der Waals surface area contributed by atoms with Crippen LogP contribution in [-0.4, -0.2) is 112 Å². The van der Waals surface area contributed by atoms with Crippen LogP contribution in [0.1, 0.15) is 252 Å². The molecule has 8 rings (SSSR count). The highest BCUT2D eigenvalue weighted by atomic mass is 31.2. The largest absolute Gasteiger partial charge is 0.474 e. The first-order valence-electron chi connectivity index (χ1n) is 45.3. The number of benzene rings is 7. The van der Waals surface area contributed by atoms with Crippen LogP contribution < -0.4 is 5.32 Å². The summed E-state index contributed by atoms with van der Waals surface area (Å²) in [5.41, 5.74) is 6.26. The van der Waals surface area contributed by atoms with Crippen molar-refractivity contribution in [1.82, 2.24) is 10.2 Å². The maximum Gasteiger partial charge on any atom is 0.474 e. The second-order valence-electron chi connectivity index (χ2n) is 32.5. The quantitative estimate of drug-likeness (QED) is 0.0278. The van der Waals surface area contributed by atoms with E-state index in [1.54, 1.807) is 7.05 Å². The Morgan fingerprint density at radius 3 is 1.25 bits per heavy atom. The summed E-state index contributed by atoms with van der Waals surface area (Å²) in [6.45, 7) is 6.46. The summed E-state index contributed by atoms with van der Waals surface area (Å²) in [6.07, 6.45) is 25.0. The molecule has 1 heterocycles. The summed E-state index contributed by atoms with van der Waals surface area (Å²) in [7, 11) is -3.09. The molecule has 1 aliphatic heterocycles. The molecule has 10 atom stereocenters. The lowest BCUT2D eigenvalue weighted by molar-refractivity contribution is -0.328. The van der Waals surface area contributed by atoms with E-state index in [0.717, 1.165) is 90.3 Å². The average molecular weight is 1670 g/mol. The number of likely N-dealkylation sites (N-methyl/N-ethyl adjacent to an activating group) is 1. The molecule has 7 aromatic rings. The highest BCUT2D eigenvalue weighted by Gasteiger charge is 2.51. The van der Waals surface area contributed by atoms with Gasteiger partial charge in [0, 0.05) is 13.6 Å². The Morgan fingerprint density at radius 1 is 0.433 bits per heavy atom. The number of nitriles is 1. The van der Waals surface area contributed by atoms with Crippen LogP contribution in [0, 0.1) is 17.2 Å². The monoisotopic (exact) mass is 1670 g/mol. The van der Waals surface area contributed by atoms with Crippen LogP contribution in [0.3, 0.4) is 0 Å². The van der Waals surface area contributed by atoms with E-state index in [0.29, 0.717) is 18.8 Å². The normalized spacial score (nSPS) is 16.9. The number of nitrogens with zero attached hydrogens (tertiary/aromatic N) is 2. The van der Waals surface area contributed by atoms with Crippen molar-refractivity contribution >= 4 is 19.8 Å². The van der Waals surface area contributed by atoms with E-state index in [1.165, 1.54) is 127 Å². The van der Waals surface area contributed by atoms with E-state index in [-0.39, 0.29) is 84.9 Å². The molecule has 0 radical (unpaired) electrons. The number of amides is 2. The molecule has 0 spiro atoms. The molecule has 0 saturated carbocycles. The van der Waals surface area contributed by atoms with E-state index >= 15 is 9.36 Å². The highest BCUT2D eigenvalue weighted by Crippen LogP contribution is 2.50. The van der Waals surface area contributed by atoms with Gasteiger partial charge < -0.3 is 52.8 Å². The van der Waals surface area contributed by atoms with Crippen molar-refractivity contribution in [3.8, 4) is 6.07 Å². The summed E-state index contributed by atoms with van der Waals surface area (Å²) in [5, 5.41) is 13.3. The molecule has 18 nitrogen and oxygen atoms in total. The van der Waals surface area contributed by atoms with Crippen LogP contribution >= 0.6 is 7.82 Å². The molecule has 0 aromatic heterocycles. The number of hydrogen-bond acceptors (Lipinski definition) is 16. The second-order valence-corrected chi connectivity index (χ2v) is 34.2. The fraction of sp³-hybridized carbons (Fsp3) is 0.554. The van der Waals surface area contributed by atoms with Crippen LogP contribution in [0.5, 0.6) is 0 Å². The third kappa shape index (κ3) is 40.7. The second kappa shape index (κ2) is 61.0. The van der Waals surface area contributed by atoms with Crippen molar-refractivity contribution in [2.45, 2.75) is 315 Å². The van der Waals surface area contributed by atoms with Gasteiger partial charge in [-0.15, -0.1) is 0 Å². The molecule has 1 N–H and O–H groups in total. The lowest BCUT2D eigenvalue weighted by Crippen LogP contribution is -2.62. The standard InChI is InChI=1S/C101H142N3O15P/c1-5-6-7-8-9-10-11-12-13-14-15-16-17-18-19-24-27-51-69-93(109-75-85-56-38-29-39-57-85)99(105)103-91(95(110-76-86-58-40-30-41-59-86)92(108-74-84-54-36-28-37-55-84)68-50-26-23-21-20-22-25-35-53-83(2)3)81-114-100-98(113-79-89-64-46-33-47-65-89)97(112-78-88-62-44-32-45-63-88)96(111-77-87-60-42-31-43-61-87)94(119-100)82-118-120(107,116-72-52-70-102)117-73-71-104(4)101(106)115-80-90-66-48-34-49-67-90/h28-34,36-49,54-67,83,91-98,100H,5-27,35,50-53,68-69,71-82H2,1-4H3,(H,103,105)/t91-,92+,93+,94+,95-,96+,97-,98+,100+,120?/m0/s1. The first-order chi connectivity index (χ1) is 58.9. The Balaban J connectivity index is 1.14. The van der Waals surface area contributed by atoms with Crippen LogP contribution in [0.2, 0.25) is 0 Å². The van der Waals surface area contributed by atoms with Crippen LogP contribution in [0.25, 0.3) is 0 Å². The molecule has 120 heavy (non-hydrogen) atoms. The van der Waals surface area contributed by atoms with Gasteiger partial charge in [-0.1, -0.05) is 406 Å². The number of unbranched alkanes of at least 4 members (excludes halogenated alkanes) is 24. The molecule has 1 fully saturated rings. The molecular formula is C101H142N3O15P. The van der Waals surface area contributed by atoms with Gasteiger partial charge in [-0.2, -0.15) is 5.26 Å². The molecule has 0 bridgehead atoms. The fourth-order valence-electron chi connectivity index (χ4n) is 15.0. The number of nitrogens with one attached hydrogen (secondary N) is 1. The van der Waals surface area contributed by atoms with Gasteiger partial charge >= 0.3 is 13.9 Å². The molecule has 1 saturated heterocycles. The Morgan fingerprint density at radius 2 is 0.808 bits per heavy atom. The maximum absolute atomic E-state index is 16.1. The Hall–Kier alpha value is -7.44. The lowest BCUT2D eigenvalue weighted by Gasteiger charge is -2.46. The van der Waals surface area contributed by atoms with Crippen molar-refractivity contribution in [3.63, 3.8) is 0 Å². The average Bonchev–Trinajstić information content (AvgIpc) is 0.782. The van der Waals surface area contributed by atoms with Gasteiger partial charge in [0.15, 0.2) is 6.29 Å². The van der Waals surface area contributed by atoms with E-state index in [4.69, 9.17) is 56.2 Å². The van der Waals surface area contributed by atoms with Gasteiger partial charge in [0.1, 0.15) is 43.2 Å². The maximum atomic E-state index is 16.1. The minimum atomic E-state index is -4.63. The van der Waals surface area contributed by atoms with Crippen molar-refractivity contribution in [3.05, 3.63) is 251 Å². The summed E-state index contributed by atoms with van der Waals surface area (Å²) in [4.78, 5) is 30.7. The number of carbonyl (C=O) groups excluding carboxylic acids is 2. The SMILES string of the molecule is CCCCCCCCCCCCCCCCCCCC[C@@H](OCc1ccccc1)C(=O)N[C@@H](CO[C@@H]1O[C@H](COP(=O)(OCCC#N)OCCN(C)C(=O)OCc2ccccc2)[C@@H](OCc2ccccc2)[C@H](OCc2ccccc2)[C@H]1OCc1ccccc1)[C@H](OCc1ccccc1)[C@@H](CCCCCCCCCCC(C)C)OCc1ccccc1. The zero-order valence-electron chi connectivity index (χ0n) is 72.6. The van der Waals surface area contributed by atoms with Crippen LogP contribution in [0.4, 0.5) is 4.79 Å². The minimum absolute atomic E-state index is 0.0442. The van der Waals surface area contributed by atoms with E-state index < -0.39 is 75.6 Å². The molecule has 1 aliphatic rings. The van der Waals surface area contributed by atoms with Gasteiger partial charge in [0.25, 0.3) is 0 Å². The number of hydrogen-bond donors (Lipinski definition) is 1. The summed E-state index contributed by atoms with van der Waals surface area (Å²) < 4.78 is 97.1. The molecule has 7 aromatic carbocycles. The Bertz CT molecular complexity index is 3800. The third-order valence-electron chi connectivity index (χ3n) is 22.0. The molecule has 1 unspecified atom stereocenters. The van der Waals surface area contributed by atoms with Gasteiger partial charge in [-0.05, 0) is 57.7 Å². The number of ether oxygens (including phenoxy) is 9. The van der Waals surface area contributed by atoms with E-state index in [9.17, 15) is 10.1 Å². The number of phosphoric ester groups is 1. The van der Waals surface area contributed by atoms with Crippen molar-refractivity contribution in [1.29, 1.82) is 5.26 Å². The third-order valence-corrected chi connectivity index (χ3v) is 23.5. The number of phosphoric acid groups is 1. The molecular weight excluding hydrogens is 1530 g/mol. The molecule has 0 aliphatic carbocycles. The van der Waals surface area contributed by atoms with Crippen molar-refractivity contribution in [2.24, 2.45) is 5.92 Å². The minimum Gasteiger partial charge on any atom is -0.445 e. The van der Waals surface area contributed by atoms with E-state index in [1.807, 2.05) is 200 Å². The van der Waals surface area contributed by atoms with Crippen LogP contribution in [-0.2, 0) is 112 Å². The van der Waals surface area contributed by atoms with Gasteiger partial charge in [-0.25, -0.2) is 9.36 Å². The summed E-state index contributed by atoms with van der Waals surface area (Å²) in [6, 6.07) is 70.0. The summed E-state index contributed by atoms with van der Waals surface area (Å²) in [5.74, 6) is 0.392. The number of rotatable bonds is 67. The summed E-state index contributed by atoms with van der Waals surface area (Å²) >= 11 is 0. The van der Waals surface area contributed by atoms with E-state index in [2.05, 4.69) is 44.3 Å². The van der Waals surface area contributed by atoms with Crippen LogP contribution in [0.15, 0.2) is 212 Å². The Kier molecular flexibility index (Phi) is 49.8. The molecule has 2 amide bonds. The molecule has 656 valence electrons. The molecule has 19 heteroatoms. The predicted octanol–water partition coefficient (Wildman–Crippen LogP) is 24.1. The zero-order valence-corrected chi connectivity index (χ0v) is 73.5. The fourth-order valence-corrected chi connectivity index (χ4v) is 16.2. The lowest BCUT2D eigenvalue weighted by atomic mass is 9.97. The topological polar surface area (TPSA) is 201 Å². The zero-order chi connectivity index (χ0) is 84.4. The highest BCUT2D eigenvalue weighted by molar-refractivity contribution is 7.48. The van der Waals surface area contributed by atoms with Gasteiger partial charge in [0.2, 0.25) is 5.91 Å². The van der Waals surface area contributed by atoms with Crippen molar-refractivity contribution < 1.29 is 70.4 Å². The number of carbonyl (C=O) groups is 2. The first-order valence-corrected chi connectivity index (χ1v) is 46.7. The van der Waals surface area contributed by atoms with Gasteiger partial charge in [0.05, 0.1) is 90.7 Å². The smallest absolute Gasteiger partial charge is 0.445 e.